The predicted octanol–water partition coefficient (Wildman–Crippen LogP) is 1.72. The molecule has 0 bridgehead atoms. The Balaban J connectivity index is 2.37. The summed E-state index contributed by atoms with van der Waals surface area (Å²) in [6, 6.07) is 6.30. The molecule has 0 heterocycles. The maximum absolute atomic E-state index is 12.7. The summed E-state index contributed by atoms with van der Waals surface area (Å²) in [5.41, 5.74) is 6.58. The van der Waals surface area contributed by atoms with Crippen molar-refractivity contribution in [2.75, 3.05) is 13.1 Å². The minimum absolute atomic E-state index is 0.00499. The first-order valence-electron chi connectivity index (χ1n) is 6.26. The Kier molecular flexibility index (Phi) is 5.78. The van der Waals surface area contributed by atoms with E-state index in [1.54, 1.807) is 12.1 Å². The molecule has 0 aliphatic heterocycles. The zero-order valence-corrected chi connectivity index (χ0v) is 10.9. The molecule has 1 atom stereocenters. The van der Waals surface area contributed by atoms with Crippen LogP contribution in [0.3, 0.4) is 0 Å². The first-order chi connectivity index (χ1) is 8.54. The topological polar surface area (TPSA) is 55.1 Å². The van der Waals surface area contributed by atoms with Crippen molar-refractivity contribution in [3.63, 3.8) is 0 Å². The average Bonchev–Trinajstić information content (AvgIpc) is 2.32. The van der Waals surface area contributed by atoms with Gasteiger partial charge in [-0.3, -0.25) is 4.79 Å². The van der Waals surface area contributed by atoms with E-state index < -0.39 is 0 Å². The first-order valence-corrected chi connectivity index (χ1v) is 6.26. The molecular formula is C14H21FN2O. The first kappa shape index (κ1) is 14.6. The van der Waals surface area contributed by atoms with Crippen LogP contribution in [-0.2, 0) is 11.2 Å². The second-order valence-corrected chi connectivity index (χ2v) is 4.75. The molecule has 1 rings (SSSR count). The highest BCUT2D eigenvalue weighted by Crippen LogP contribution is 2.09. The van der Waals surface area contributed by atoms with Gasteiger partial charge in [0.05, 0.1) is 5.92 Å². The quantitative estimate of drug-likeness (QED) is 0.810. The number of benzene rings is 1. The summed E-state index contributed by atoms with van der Waals surface area (Å²) in [7, 11) is 0. The van der Waals surface area contributed by atoms with Crippen LogP contribution in [0.4, 0.5) is 4.39 Å². The lowest BCUT2D eigenvalue weighted by Crippen LogP contribution is -2.38. The molecule has 4 heteroatoms. The maximum Gasteiger partial charge on any atom is 0.224 e. The van der Waals surface area contributed by atoms with E-state index >= 15 is 0 Å². The Labute approximate surface area is 108 Å². The van der Waals surface area contributed by atoms with Crippen molar-refractivity contribution < 1.29 is 9.18 Å². The summed E-state index contributed by atoms with van der Waals surface area (Å²) >= 11 is 0. The summed E-state index contributed by atoms with van der Waals surface area (Å²) in [6.45, 7) is 4.88. The highest BCUT2D eigenvalue weighted by molar-refractivity contribution is 5.79. The molecule has 0 fully saturated rings. The van der Waals surface area contributed by atoms with Gasteiger partial charge in [-0.1, -0.05) is 26.0 Å². The molecule has 0 spiro atoms. The Morgan fingerprint density at radius 1 is 1.33 bits per heavy atom. The van der Waals surface area contributed by atoms with Gasteiger partial charge in [0.15, 0.2) is 0 Å². The molecule has 0 aliphatic carbocycles. The third kappa shape index (κ3) is 4.45. The van der Waals surface area contributed by atoms with Crippen molar-refractivity contribution in [1.29, 1.82) is 0 Å². The van der Waals surface area contributed by atoms with Gasteiger partial charge in [-0.05, 0) is 30.0 Å². The number of carbonyl (C=O) groups excluding carboxylic acids is 1. The second-order valence-electron chi connectivity index (χ2n) is 4.75. The van der Waals surface area contributed by atoms with Crippen LogP contribution in [0.1, 0.15) is 19.4 Å². The number of hydrogen-bond donors (Lipinski definition) is 2. The van der Waals surface area contributed by atoms with Gasteiger partial charge in [-0.25, -0.2) is 4.39 Å². The molecule has 1 aromatic carbocycles. The summed E-state index contributed by atoms with van der Waals surface area (Å²) in [5.74, 6) is -0.153. The van der Waals surface area contributed by atoms with Crippen LogP contribution in [0.25, 0.3) is 0 Å². The van der Waals surface area contributed by atoms with Gasteiger partial charge in [0.1, 0.15) is 5.82 Å². The van der Waals surface area contributed by atoms with E-state index in [1.807, 2.05) is 13.8 Å². The lowest BCUT2D eigenvalue weighted by Gasteiger charge is -2.18. The molecule has 0 saturated carbocycles. The summed E-state index contributed by atoms with van der Waals surface area (Å²) in [4.78, 5) is 11.8. The van der Waals surface area contributed by atoms with Gasteiger partial charge in [-0.2, -0.15) is 0 Å². The smallest absolute Gasteiger partial charge is 0.224 e. The van der Waals surface area contributed by atoms with Gasteiger partial charge < -0.3 is 11.1 Å². The van der Waals surface area contributed by atoms with Crippen LogP contribution in [0.15, 0.2) is 24.3 Å². The van der Waals surface area contributed by atoms with Crippen LogP contribution >= 0.6 is 0 Å². The second kappa shape index (κ2) is 7.11. The monoisotopic (exact) mass is 252 g/mol. The van der Waals surface area contributed by atoms with Crippen LogP contribution in [0.2, 0.25) is 0 Å². The molecular weight excluding hydrogens is 231 g/mol. The van der Waals surface area contributed by atoms with E-state index in [2.05, 4.69) is 5.32 Å². The third-order valence-electron chi connectivity index (χ3n) is 3.02. The van der Waals surface area contributed by atoms with Crippen LogP contribution < -0.4 is 11.1 Å². The zero-order chi connectivity index (χ0) is 13.5. The molecule has 0 radical (unpaired) electrons. The molecule has 3 nitrogen and oxygen atoms in total. The zero-order valence-electron chi connectivity index (χ0n) is 10.9. The van der Waals surface area contributed by atoms with E-state index in [9.17, 15) is 9.18 Å². The normalized spacial score (nSPS) is 12.5. The molecule has 0 aromatic heterocycles. The third-order valence-corrected chi connectivity index (χ3v) is 3.02. The lowest BCUT2D eigenvalue weighted by atomic mass is 9.95. The van der Waals surface area contributed by atoms with Crippen molar-refractivity contribution in [3.05, 3.63) is 35.6 Å². The largest absolute Gasteiger partial charge is 0.355 e. The summed E-state index contributed by atoms with van der Waals surface area (Å²) < 4.78 is 12.7. The van der Waals surface area contributed by atoms with E-state index in [-0.39, 0.29) is 23.6 Å². The predicted molar refractivity (Wildman–Crippen MR) is 70.5 cm³/mol. The van der Waals surface area contributed by atoms with Gasteiger partial charge in [0.25, 0.3) is 0 Å². The van der Waals surface area contributed by atoms with E-state index in [1.165, 1.54) is 12.1 Å². The number of nitrogens with one attached hydrogen (secondary N) is 1. The molecule has 1 unspecified atom stereocenters. The molecule has 0 saturated heterocycles. The molecule has 0 aliphatic rings. The molecule has 1 amide bonds. The molecule has 18 heavy (non-hydrogen) atoms. The summed E-state index contributed by atoms with van der Waals surface area (Å²) in [6.07, 6.45) is 0.696. The van der Waals surface area contributed by atoms with Crippen molar-refractivity contribution in [2.45, 2.75) is 20.3 Å². The fourth-order valence-corrected chi connectivity index (χ4v) is 1.79. The maximum atomic E-state index is 12.7. The Bertz CT molecular complexity index is 376. The summed E-state index contributed by atoms with van der Waals surface area (Å²) in [5, 5.41) is 2.87. The molecule has 100 valence electrons. The minimum atomic E-state index is -0.245. The fraction of sp³-hybridized carbons (Fsp3) is 0.500. The van der Waals surface area contributed by atoms with Crippen LogP contribution in [0, 0.1) is 17.7 Å². The number of rotatable bonds is 6. The standard InChI is InChI=1S/C14H21FN2O/c1-10(2)13(9-16)14(18)17-8-7-11-3-5-12(15)6-4-11/h3-6,10,13H,7-9,16H2,1-2H3,(H,17,18). The average molecular weight is 252 g/mol. The van der Waals surface area contributed by atoms with Gasteiger partial charge >= 0.3 is 0 Å². The van der Waals surface area contributed by atoms with Crippen molar-refractivity contribution in [1.82, 2.24) is 5.32 Å². The Hall–Kier alpha value is -1.42. The van der Waals surface area contributed by atoms with Crippen molar-refractivity contribution in [3.8, 4) is 0 Å². The van der Waals surface area contributed by atoms with E-state index in [4.69, 9.17) is 5.73 Å². The van der Waals surface area contributed by atoms with Gasteiger partial charge in [0.2, 0.25) is 5.91 Å². The van der Waals surface area contributed by atoms with Crippen molar-refractivity contribution in [2.24, 2.45) is 17.6 Å². The molecule has 1 aromatic rings. The number of carbonyl (C=O) groups is 1. The molecule has 3 N–H and O–H groups in total. The lowest BCUT2D eigenvalue weighted by molar-refractivity contribution is -0.125. The van der Waals surface area contributed by atoms with Crippen molar-refractivity contribution >= 4 is 5.91 Å². The number of nitrogens with two attached hydrogens (primary N) is 1. The highest BCUT2D eigenvalue weighted by Gasteiger charge is 2.19. The number of halogens is 1. The Morgan fingerprint density at radius 3 is 2.44 bits per heavy atom. The fourth-order valence-electron chi connectivity index (χ4n) is 1.79. The number of amides is 1. The van der Waals surface area contributed by atoms with E-state index in [0.717, 1.165) is 5.56 Å². The van der Waals surface area contributed by atoms with E-state index in [0.29, 0.717) is 19.5 Å². The minimum Gasteiger partial charge on any atom is -0.355 e. The number of hydrogen-bond acceptors (Lipinski definition) is 2. The SMILES string of the molecule is CC(C)C(CN)C(=O)NCCc1ccc(F)cc1. The van der Waals surface area contributed by atoms with Crippen LogP contribution in [0.5, 0.6) is 0 Å². The highest BCUT2D eigenvalue weighted by atomic mass is 19.1. The van der Waals surface area contributed by atoms with Gasteiger partial charge in [0, 0.05) is 13.1 Å². The Morgan fingerprint density at radius 2 is 1.94 bits per heavy atom. The van der Waals surface area contributed by atoms with Crippen LogP contribution in [-0.4, -0.2) is 19.0 Å². The van der Waals surface area contributed by atoms with Gasteiger partial charge in [-0.15, -0.1) is 0 Å².